The third-order valence-corrected chi connectivity index (χ3v) is 8.35. The van der Waals surface area contributed by atoms with Gasteiger partial charge in [0.25, 0.3) is 10.0 Å². The molecule has 38 heavy (non-hydrogen) atoms. The number of sulfonamides is 2. The molecule has 8 nitrogen and oxygen atoms in total. The molecule has 0 aliphatic rings. The Kier molecular flexibility index (Phi) is 8.56. The van der Waals surface area contributed by atoms with E-state index in [1.54, 1.807) is 0 Å². The minimum absolute atomic E-state index is 0.149. The maximum absolute atomic E-state index is 13.1. The second-order valence-electron chi connectivity index (χ2n) is 8.02. The van der Waals surface area contributed by atoms with E-state index >= 15 is 0 Å². The number of hydrogen-bond donors (Lipinski definition) is 2. The number of hydrogen-bond acceptors (Lipinski definition) is 5. The second kappa shape index (κ2) is 11.0. The number of nitrogens with one attached hydrogen (secondary N) is 2. The second-order valence-corrected chi connectivity index (χ2v) is 12.4. The molecule has 3 aromatic rings. The Labute approximate surface area is 227 Å². The van der Waals surface area contributed by atoms with E-state index in [0.29, 0.717) is 11.1 Å². The van der Waals surface area contributed by atoms with E-state index in [9.17, 15) is 34.8 Å². The van der Waals surface area contributed by atoms with Gasteiger partial charge >= 0.3 is 6.18 Å². The van der Waals surface area contributed by atoms with Gasteiger partial charge in [0, 0.05) is 16.4 Å². The molecule has 2 N–H and O–H groups in total. The molecule has 0 aliphatic carbocycles. The van der Waals surface area contributed by atoms with Gasteiger partial charge in [-0.05, 0) is 73.7 Å². The Morgan fingerprint density at radius 1 is 0.895 bits per heavy atom. The number of halogens is 5. The van der Waals surface area contributed by atoms with E-state index in [-0.39, 0.29) is 22.0 Å². The lowest BCUT2D eigenvalue weighted by atomic mass is 10.2. The van der Waals surface area contributed by atoms with E-state index in [4.69, 9.17) is 23.2 Å². The van der Waals surface area contributed by atoms with Crippen LogP contribution in [0.2, 0.25) is 10.0 Å². The van der Waals surface area contributed by atoms with Crippen LogP contribution >= 0.6 is 23.2 Å². The first-order valence-electron chi connectivity index (χ1n) is 10.5. The van der Waals surface area contributed by atoms with Crippen LogP contribution in [0, 0.1) is 0 Å². The summed E-state index contributed by atoms with van der Waals surface area (Å²) < 4.78 is 92.3. The summed E-state index contributed by atoms with van der Waals surface area (Å²) in [5, 5.41) is 2.30. The zero-order chi connectivity index (χ0) is 28.5. The molecule has 0 radical (unpaired) electrons. The summed E-state index contributed by atoms with van der Waals surface area (Å²) in [6.07, 6.45) is -3.84. The molecule has 0 bridgehead atoms. The van der Waals surface area contributed by atoms with Crippen molar-refractivity contribution in [3.63, 3.8) is 0 Å². The van der Waals surface area contributed by atoms with Crippen molar-refractivity contribution in [2.24, 2.45) is 0 Å². The van der Waals surface area contributed by atoms with Crippen LogP contribution in [0.5, 0.6) is 0 Å². The number of rotatable bonds is 8. The monoisotopic (exact) mass is 609 g/mol. The van der Waals surface area contributed by atoms with Crippen LogP contribution in [0.4, 0.5) is 30.2 Å². The highest BCUT2D eigenvalue weighted by Gasteiger charge is 2.34. The van der Waals surface area contributed by atoms with Crippen molar-refractivity contribution in [2.75, 3.05) is 20.6 Å². The van der Waals surface area contributed by atoms with Gasteiger partial charge < -0.3 is 5.32 Å². The topological polar surface area (TPSA) is 113 Å². The molecule has 3 rings (SSSR count). The zero-order valence-corrected chi connectivity index (χ0v) is 22.8. The van der Waals surface area contributed by atoms with Gasteiger partial charge in [0.2, 0.25) is 15.9 Å². The molecule has 0 aromatic heterocycles. The predicted molar refractivity (Wildman–Crippen MR) is 141 cm³/mol. The third-order valence-electron chi connectivity index (χ3n) is 5.13. The summed E-state index contributed by atoms with van der Waals surface area (Å²) in [6.45, 7) is 1.37. The van der Waals surface area contributed by atoms with Gasteiger partial charge in [0.15, 0.2) is 0 Å². The van der Waals surface area contributed by atoms with E-state index in [1.165, 1.54) is 43.3 Å². The van der Waals surface area contributed by atoms with E-state index in [2.05, 4.69) is 5.32 Å². The first-order chi connectivity index (χ1) is 17.5. The molecule has 0 unspecified atom stereocenters. The van der Waals surface area contributed by atoms with Crippen molar-refractivity contribution in [1.82, 2.24) is 0 Å². The third kappa shape index (κ3) is 7.10. The Morgan fingerprint density at radius 3 is 1.97 bits per heavy atom. The Hall–Kier alpha value is -3.00. The van der Waals surface area contributed by atoms with Crippen molar-refractivity contribution in [1.29, 1.82) is 0 Å². The van der Waals surface area contributed by atoms with Crippen LogP contribution in [0.15, 0.2) is 71.6 Å². The molecule has 0 fully saturated rings. The minimum atomic E-state index is -4.78. The first-order valence-corrected chi connectivity index (χ1v) is 14.6. The van der Waals surface area contributed by atoms with Gasteiger partial charge in [0.05, 0.1) is 27.4 Å². The number of amides is 1. The number of benzene rings is 3. The first kappa shape index (κ1) is 29.6. The van der Waals surface area contributed by atoms with Crippen LogP contribution in [-0.4, -0.2) is 35.0 Å². The van der Waals surface area contributed by atoms with Gasteiger partial charge in [-0.15, -0.1) is 0 Å². The summed E-state index contributed by atoms with van der Waals surface area (Å²) in [7, 11) is -8.17. The van der Waals surface area contributed by atoms with E-state index in [0.717, 1.165) is 34.8 Å². The lowest BCUT2D eigenvalue weighted by Gasteiger charge is -2.28. The molecule has 0 saturated heterocycles. The van der Waals surface area contributed by atoms with Gasteiger partial charge in [-0.25, -0.2) is 16.8 Å². The highest BCUT2D eigenvalue weighted by atomic mass is 35.5. The van der Waals surface area contributed by atoms with Crippen LogP contribution in [0.1, 0.15) is 12.5 Å². The molecule has 3 aromatic carbocycles. The maximum Gasteiger partial charge on any atom is 0.417 e. The highest BCUT2D eigenvalue weighted by Crippen LogP contribution is 2.36. The van der Waals surface area contributed by atoms with Crippen molar-refractivity contribution in [3.8, 4) is 0 Å². The van der Waals surface area contributed by atoms with E-state index in [1.807, 2.05) is 4.72 Å². The normalized spacial score (nSPS) is 13.0. The minimum Gasteiger partial charge on any atom is -0.324 e. The summed E-state index contributed by atoms with van der Waals surface area (Å²) in [5.41, 5.74) is -1.19. The zero-order valence-electron chi connectivity index (χ0n) is 19.6. The number of carbonyl (C=O) groups excluding carboxylic acids is 1. The Morgan fingerprint density at radius 2 is 1.45 bits per heavy atom. The molecule has 1 atom stereocenters. The van der Waals surface area contributed by atoms with Crippen molar-refractivity contribution in [2.45, 2.75) is 24.0 Å². The fourth-order valence-corrected chi connectivity index (χ4v) is 5.96. The average Bonchev–Trinajstić information content (AvgIpc) is 2.80. The number of anilines is 3. The SMILES string of the molecule is C[C@H](C(=O)Nc1ccc(S(=O)(=O)Nc2ccc(Cl)c(C(F)(F)F)c2)cc1)N(c1ccc(Cl)cc1)S(C)(=O)=O. The molecule has 0 heterocycles. The molecule has 0 saturated carbocycles. The smallest absolute Gasteiger partial charge is 0.324 e. The summed E-state index contributed by atoms with van der Waals surface area (Å²) >= 11 is 11.4. The van der Waals surface area contributed by atoms with Crippen LogP contribution < -0.4 is 14.3 Å². The molecule has 0 aliphatic heterocycles. The molecule has 15 heteroatoms. The summed E-state index contributed by atoms with van der Waals surface area (Å²) in [6, 6.07) is 12.0. The maximum atomic E-state index is 13.1. The molecule has 204 valence electrons. The highest BCUT2D eigenvalue weighted by molar-refractivity contribution is 7.92. The van der Waals surface area contributed by atoms with Crippen LogP contribution in [0.25, 0.3) is 0 Å². The largest absolute Gasteiger partial charge is 0.417 e. The van der Waals surface area contributed by atoms with E-state index < -0.39 is 48.8 Å². The number of alkyl halides is 3. The molecular weight excluding hydrogens is 590 g/mol. The van der Waals surface area contributed by atoms with Crippen LogP contribution in [0.3, 0.4) is 0 Å². The molecule has 0 spiro atoms. The summed E-state index contributed by atoms with van der Waals surface area (Å²) in [4.78, 5) is 12.5. The Bertz CT molecular complexity index is 1550. The number of carbonyl (C=O) groups is 1. The fourth-order valence-electron chi connectivity index (χ4n) is 3.38. The fraction of sp³-hybridized carbons (Fsp3) is 0.174. The standard InChI is InChI=1S/C23H20Cl2F3N3O5S2/c1-14(31(37(2,33)34)18-8-3-15(24)4-9-18)22(32)29-16-5-10-19(11-6-16)38(35,36)30-17-7-12-21(25)20(13-17)23(26,27)28/h3-14,30H,1-2H3,(H,29,32)/t14-/m1/s1. The van der Waals surface area contributed by atoms with Crippen LogP contribution in [-0.2, 0) is 31.0 Å². The van der Waals surface area contributed by atoms with Gasteiger partial charge in [-0.2, -0.15) is 13.2 Å². The lowest BCUT2D eigenvalue weighted by Crippen LogP contribution is -2.45. The lowest BCUT2D eigenvalue weighted by molar-refractivity contribution is -0.137. The van der Waals surface area contributed by atoms with Gasteiger partial charge in [-0.3, -0.25) is 13.8 Å². The van der Waals surface area contributed by atoms with Gasteiger partial charge in [0.1, 0.15) is 6.04 Å². The number of nitrogens with zero attached hydrogens (tertiary/aromatic N) is 1. The quantitative estimate of drug-likeness (QED) is 0.345. The van der Waals surface area contributed by atoms with Gasteiger partial charge in [-0.1, -0.05) is 23.2 Å². The molecular formula is C23H20Cl2F3N3O5S2. The molecule has 1 amide bonds. The predicted octanol–water partition coefficient (Wildman–Crippen LogP) is 5.61. The van der Waals surface area contributed by atoms with Crippen molar-refractivity contribution in [3.05, 3.63) is 82.3 Å². The summed E-state index contributed by atoms with van der Waals surface area (Å²) in [5.74, 6) is -0.708. The van der Waals surface area contributed by atoms with Crippen molar-refractivity contribution < 1.29 is 34.8 Å². The Balaban J connectivity index is 1.77. The van der Waals surface area contributed by atoms with Crippen molar-refractivity contribution >= 4 is 66.2 Å². The average molecular weight is 610 g/mol.